The quantitative estimate of drug-likeness (QED) is 0.740. The van der Waals surface area contributed by atoms with Gasteiger partial charge in [-0.2, -0.15) is 0 Å². The Kier molecular flexibility index (Phi) is 4.12. The van der Waals surface area contributed by atoms with Gasteiger partial charge in [-0.3, -0.25) is 0 Å². The molecule has 2 aromatic carbocycles. The summed E-state index contributed by atoms with van der Waals surface area (Å²) in [5, 5.41) is 0. The molecule has 2 aromatic rings. The zero-order chi connectivity index (χ0) is 12.1. The third-order valence-corrected chi connectivity index (χ3v) is 3.48. The fourth-order valence-corrected chi connectivity index (χ4v) is 2.21. The Morgan fingerprint density at radius 3 is 2.00 bits per heavy atom. The van der Waals surface area contributed by atoms with Crippen molar-refractivity contribution in [2.24, 2.45) is 0 Å². The van der Waals surface area contributed by atoms with E-state index in [0.717, 1.165) is 6.61 Å². The van der Waals surface area contributed by atoms with Crippen molar-refractivity contribution in [3.63, 3.8) is 0 Å². The van der Waals surface area contributed by atoms with Gasteiger partial charge in [-0.25, -0.2) is 0 Å². The van der Waals surface area contributed by atoms with Crippen LogP contribution in [0.3, 0.4) is 0 Å². The molecular formula is C15H18OSi. The summed E-state index contributed by atoms with van der Waals surface area (Å²) in [5.41, 5.74) is 3.78. The highest BCUT2D eigenvalue weighted by Crippen LogP contribution is 2.19. The summed E-state index contributed by atoms with van der Waals surface area (Å²) in [6.45, 7) is 5.13. The fraction of sp³-hybridized carbons (Fsp3) is 0.200. The zero-order valence-corrected chi connectivity index (χ0v) is 11.5. The van der Waals surface area contributed by atoms with Crippen molar-refractivity contribution >= 4 is 9.04 Å². The van der Waals surface area contributed by atoms with E-state index >= 15 is 0 Å². The van der Waals surface area contributed by atoms with Gasteiger partial charge in [-0.1, -0.05) is 54.6 Å². The molecule has 0 N–H and O–H groups in total. The van der Waals surface area contributed by atoms with E-state index in [1.165, 1.54) is 16.7 Å². The molecular weight excluding hydrogens is 224 g/mol. The molecule has 0 aliphatic rings. The van der Waals surface area contributed by atoms with E-state index in [1.54, 1.807) is 0 Å². The van der Waals surface area contributed by atoms with Crippen molar-refractivity contribution in [2.75, 3.05) is 0 Å². The number of rotatable bonds is 4. The van der Waals surface area contributed by atoms with E-state index in [0.29, 0.717) is 0 Å². The second kappa shape index (κ2) is 5.80. The summed E-state index contributed by atoms with van der Waals surface area (Å²) < 4.78 is 5.71. The highest BCUT2D eigenvalue weighted by atomic mass is 28.3. The molecule has 0 atom stereocenters. The van der Waals surface area contributed by atoms with Crippen molar-refractivity contribution in [2.45, 2.75) is 19.7 Å². The molecule has 0 unspecified atom stereocenters. The molecule has 0 fully saturated rings. The highest BCUT2D eigenvalue weighted by Gasteiger charge is 1.99. The van der Waals surface area contributed by atoms with E-state index in [4.69, 9.17) is 4.43 Å². The van der Waals surface area contributed by atoms with Gasteiger partial charge in [0.1, 0.15) is 0 Å². The molecule has 0 spiro atoms. The molecule has 1 nitrogen and oxygen atoms in total. The Bertz CT molecular complexity index is 448. The van der Waals surface area contributed by atoms with Crippen LogP contribution in [0.2, 0.25) is 13.1 Å². The van der Waals surface area contributed by atoms with E-state index in [2.05, 4.69) is 61.6 Å². The monoisotopic (exact) mass is 242 g/mol. The van der Waals surface area contributed by atoms with E-state index in [-0.39, 0.29) is 0 Å². The maximum atomic E-state index is 5.71. The maximum Gasteiger partial charge on any atom is 0.171 e. The Hall–Kier alpha value is -1.38. The van der Waals surface area contributed by atoms with Crippen molar-refractivity contribution in [1.82, 2.24) is 0 Å². The van der Waals surface area contributed by atoms with Crippen LogP contribution in [-0.2, 0) is 11.0 Å². The topological polar surface area (TPSA) is 9.23 Å². The van der Waals surface area contributed by atoms with Crippen molar-refractivity contribution in [3.05, 3.63) is 60.2 Å². The minimum absolute atomic E-state index is 0.749. The van der Waals surface area contributed by atoms with Gasteiger partial charge < -0.3 is 4.43 Å². The summed E-state index contributed by atoms with van der Waals surface area (Å²) in [5.74, 6) is 0. The van der Waals surface area contributed by atoms with E-state index < -0.39 is 9.04 Å². The smallest absolute Gasteiger partial charge is 0.171 e. The Morgan fingerprint density at radius 1 is 0.824 bits per heavy atom. The lowest BCUT2D eigenvalue weighted by Crippen LogP contribution is -2.06. The van der Waals surface area contributed by atoms with Crippen LogP contribution in [0.15, 0.2) is 54.6 Å². The zero-order valence-electron chi connectivity index (χ0n) is 10.4. The molecule has 17 heavy (non-hydrogen) atoms. The van der Waals surface area contributed by atoms with Gasteiger partial charge in [0.15, 0.2) is 9.04 Å². The van der Waals surface area contributed by atoms with Gasteiger partial charge in [0.25, 0.3) is 0 Å². The molecule has 0 saturated heterocycles. The first kappa shape index (κ1) is 12.1. The molecule has 0 heterocycles. The predicted octanol–water partition coefficient (Wildman–Crippen LogP) is 3.85. The first-order chi connectivity index (χ1) is 8.25. The lowest BCUT2D eigenvalue weighted by atomic mass is 10.0. The summed E-state index contributed by atoms with van der Waals surface area (Å²) in [7, 11) is -0.912. The van der Waals surface area contributed by atoms with Crippen LogP contribution in [0.5, 0.6) is 0 Å². The first-order valence-electron chi connectivity index (χ1n) is 6.01. The lowest BCUT2D eigenvalue weighted by Gasteiger charge is -2.07. The van der Waals surface area contributed by atoms with Crippen LogP contribution in [0.4, 0.5) is 0 Å². The minimum Gasteiger partial charge on any atom is -0.416 e. The fourth-order valence-electron chi connectivity index (χ4n) is 1.69. The van der Waals surface area contributed by atoms with Crippen LogP contribution >= 0.6 is 0 Å². The Balaban J connectivity index is 2.08. The van der Waals surface area contributed by atoms with Crippen LogP contribution in [0, 0.1) is 0 Å². The summed E-state index contributed by atoms with van der Waals surface area (Å²) in [6, 6.07) is 19.1. The summed E-state index contributed by atoms with van der Waals surface area (Å²) >= 11 is 0. The second-order valence-corrected chi connectivity index (χ2v) is 6.85. The van der Waals surface area contributed by atoms with Crippen molar-refractivity contribution < 1.29 is 4.43 Å². The third kappa shape index (κ3) is 3.55. The molecule has 0 radical (unpaired) electrons. The van der Waals surface area contributed by atoms with E-state index in [1.807, 2.05) is 6.07 Å². The maximum absolute atomic E-state index is 5.71. The molecule has 88 valence electrons. The number of hydrogen-bond acceptors (Lipinski definition) is 1. The molecule has 0 aliphatic carbocycles. The molecule has 0 saturated carbocycles. The minimum atomic E-state index is -0.912. The largest absolute Gasteiger partial charge is 0.416 e. The third-order valence-electron chi connectivity index (χ3n) is 2.64. The van der Waals surface area contributed by atoms with Gasteiger partial charge in [0, 0.05) is 0 Å². The molecule has 0 bridgehead atoms. The van der Waals surface area contributed by atoms with Gasteiger partial charge in [-0.15, -0.1) is 0 Å². The average Bonchev–Trinajstić information content (AvgIpc) is 2.38. The van der Waals surface area contributed by atoms with Crippen molar-refractivity contribution in [3.8, 4) is 11.1 Å². The molecule has 0 aliphatic heterocycles. The van der Waals surface area contributed by atoms with Crippen LogP contribution < -0.4 is 0 Å². The molecule has 0 aromatic heterocycles. The predicted molar refractivity (Wildman–Crippen MR) is 75.5 cm³/mol. The number of hydrogen-bond donors (Lipinski definition) is 0. The molecule has 0 amide bonds. The molecule has 2 heteroatoms. The first-order valence-corrected chi connectivity index (χ1v) is 8.80. The highest BCUT2D eigenvalue weighted by molar-refractivity contribution is 6.48. The average molecular weight is 242 g/mol. The standard InChI is InChI=1S/C15H18OSi/c1-17(2)16-12-13-8-10-15(11-9-13)14-6-4-3-5-7-14/h3-11,17H,12H2,1-2H3. The van der Waals surface area contributed by atoms with E-state index in [9.17, 15) is 0 Å². The van der Waals surface area contributed by atoms with Gasteiger partial charge in [0.05, 0.1) is 6.61 Å². The molecule has 2 rings (SSSR count). The van der Waals surface area contributed by atoms with Gasteiger partial charge in [-0.05, 0) is 29.8 Å². The van der Waals surface area contributed by atoms with Gasteiger partial charge in [0.2, 0.25) is 0 Å². The lowest BCUT2D eigenvalue weighted by molar-refractivity contribution is 0.314. The Labute approximate surface area is 105 Å². The Morgan fingerprint density at radius 2 is 1.41 bits per heavy atom. The summed E-state index contributed by atoms with van der Waals surface area (Å²) in [4.78, 5) is 0. The van der Waals surface area contributed by atoms with Crippen LogP contribution in [-0.4, -0.2) is 9.04 Å². The normalized spacial score (nSPS) is 10.8. The SMILES string of the molecule is C[SiH](C)OCc1ccc(-c2ccccc2)cc1. The summed E-state index contributed by atoms with van der Waals surface area (Å²) in [6.07, 6.45) is 0. The van der Waals surface area contributed by atoms with Crippen LogP contribution in [0.25, 0.3) is 11.1 Å². The second-order valence-electron chi connectivity index (χ2n) is 4.42. The van der Waals surface area contributed by atoms with Crippen LogP contribution in [0.1, 0.15) is 5.56 Å². The number of benzene rings is 2. The van der Waals surface area contributed by atoms with Crippen molar-refractivity contribution in [1.29, 1.82) is 0 Å². The van der Waals surface area contributed by atoms with Gasteiger partial charge >= 0.3 is 0 Å².